The predicted octanol–water partition coefficient (Wildman–Crippen LogP) is 0.900. The van der Waals surface area contributed by atoms with Gasteiger partial charge in [0.2, 0.25) is 0 Å². The number of rotatable bonds is 1. The maximum atomic E-state index is 9.98. The fraction of sp³-hybridized carbons (Fsp3) is 1.00. The van der Waals surface area contributed by atoms with E-state index in [1.165, 1.54) is 19.3 Å². The Morgan fingerprint density at radius 3 is 2.67 bits per heavy atom. The summed E-state index contributed by atoms with van der Waals surface area (Å²) < 4.78 is 5.36. The number of hydrogen-bond acceptors (Lipinski definition) is 3. The third-order valence-corrected chi connectivity index (χ3v) is 5.36. The summed E-state index contributed by atoms with van der Waals surface area (Å²) in [6, 6.07) is 0.311. The zero-order chi connectivity index (χ0) is 10.6. The molecule has 3 aliphatic rings. The van der Waals surface area contributed by atoms with E-state index in [1.54, 1.807) is 7.11 Å². The smallest absolute Gasteiger partial charge is 0.0836 e. The van der Waals surface area contributed by atoms with E-state index in [0.29, 0.717) is 6.04 Å². The standard InChI is InChI=1S/C12H21NO2/c1-15-10-6-12(5-9(10)14)8-3-2-7(4-8)11(12)13/h7-11,14H,2-6,13H2,1H3/t7-,8+,9+,10+,11-,12-/m0/s1. The van der Waals surface area contributed by atoms with Crippen LogP contribution in [0.5, 0.6) is 0 Å². The molecule has 0 heterocycles. The number of aliphatic hydroxyl groups excluding tert-OH is 1. The van der Waals surface area contributed by atoms with E-state index in [1.807, 2.05) is 0 Å². The molecular formula is C12H21NO2. The maximum Gasteiger partial charge on any atom is 0.0836 e. The van der Waals surface area contributed by atoms with E-state index in [9.17, 15) is 5.11 Å². The highest BCUT2D eigenvalue weighted by molar-refractivity contribution is 5.13. The topological polar surface area (TPSA) is 55.5 Å². The van der Waals surface area contributed by atoms with Crippen molar-refractivity contribution in [2.75, 3.05) is 7.11 Å². The van der Waals surface area contributed by atoms with Gasteiger partial charge in [0.05, 0.1) is 12.2 Å². The van der Waals surface area contributed by atoms with Gasteiger partial charge in [-0.2, -0.15) is 0 Å². The molecule has 0 saturated heterocycles. The Kier molecular flexibility index (Phi) is 2.14. The van der Waals surface area contributed by atoms with Crippen LogP contribution in [0.2, 0.25) is 0 Å². The molecule has 3 fully saturated rings. The summed E-state index contributed by atoms with van der Waals surface area (Å²) in [7, 11) is 1.70. The molecule has 6 atom stereocenters. The van der Waals surface area contributed by atoms with Gasteiger partial charge in [-0.05, 0) is 49.4 Å². The van der Waals surface area contributed by atoms with Crippen molar-refractivity contribution in [3.05, 3.63) is 0 Å². The van der Waals surface area contributed by atoms with Crippen LogP contribution in [0.3, 0.4) is 0 Å². The van der Waals surface area contributed by atoms with Crippen molar-refractivity contribution >= 4 is 0 Å². The molecule has 3 heteroatoms. The fourth-order valence-corrected chi connectivity index (χ4v) is 4.57. The minimum atomic E-state index is -0.291. The Bertz CT molecular complexity index is 266. The second-order valence-electron chi connectivity index (χ2n) is 5.78. The van der Waals surface area contributed by atoms with Crippen LogP contribution < -0.4 is 5.73 Å². The van der Waals surface area contributed by atoms with Crippen molar-refractivity contribution in [1.82, 2.24) is 0 Å². The van der Waals surface area contributed by atoms with Gasteiger partial charge in [0.15, 0.2) is 0 Å². The van der Waals surface area contributed by atoms with Gasteiger partial charge < -0.3 is 15.6 Å². The van der Waals surface area contributed by atoms with E-state index >= 15 is 0 Å². The molecule has 86 valence electrons. The Labute approximate surface area is 91.0 Å². The van der Waals surface area contributed by atoms with Crippen LogP contribution in [0.25, 0.3) is 0 Å². The summed E-state index contributed by atoms with van der Waals surface area (Å²) in [6.07, 6.45) is 5.50. The summed E-state index contributed by atoms with van der Waals surface area (Å²) >= 11 is 0. The Morgan fingerprint density at radius 1 is 1.33 bits per heavy atom. The molecule has 0 aromatic carbocycles. The maximum absolute atomic E-state index is 9.98. The quantitative estimate of drug-likeness (QED) is 0.677. The van der Waals surface area contributed by atoms with E-state index in [-0.39, 0.29) is 17.6 Å². The summed E-state index contributed by atoms with van der Waals surface area (Å²) in [5, 5.41) is 9.98. The van der Waals surface area contributed by atoms with E-state index in [0.717, 1.165) is 24.7 Å². The van der Waals surface area contributed by atoms with Gasteiger partial charge >= 0.3 is 0 Å². The van der Waals surface area contributed by atoms with E-state index in [2.05, 4.69) is 0 Å². The first-order valence-electron chi connectivity index (χ1n) is 6.14. The van der Waals surface area contributed by atoms with Crippen molar-refractivity contribution in [2.45, 2.75) is 50.4 Å². The lowest BCUT2D eigenvalue weighted by Crippen LogP contribution is -2.45. The lowest BCUT2D eigenvalue weighted by molar-refractivity contribution is 0.00927. The van der Waals surface area contributed by atoms with E-state index < -0.39 is 0 Å². The molecule has 1 spiro atoms. The highest BCUT2D eigenvalue weighted by Crippen LogP contribution is 2.62. The largest absolute Gasteiger partial charge is 0.390 e. The molecule has 3 rings (SSSR count). The average Bonchev–Trinajstić information content (AvgIpc) is 2.85. The van der Waals surface area contributed by atoms with E-state index in [4.69, 9.17) is 10.5 Å². The molecule has 3 nitrogen and oxygen atoms in total. The third-order valence-electron chi connectivity index (χ3n) is 5.36. The number of nitrogens with two attached hydrogens (primary N) is 1. The highest BCUT2D eigenvalue weighted by Gasteiger charge is 2.61. The van der Waals surface area contributed by atoms with Crippen LogP contribution in [0.4, 0.5) is 0 Å². The minimum Gasteiger partial charge on any atom is -0.390 e. The first-order chi connectivity index (χ1) is 7.17. The normalized spacial score (nSPS) is 58.2. The first kappa shape index (κ1) is 10.1. The molecule has 3 saturated carbocycles. The van der Waals surface area contributed by atoms with Crippen molar-refractivity contribution in [2.24, 2.45) is 23.0 Å². The fourth-order valence-electron chi connectivity index (χ4n) is 4.57. The van der Waals surface area contributed by atoms with Crippen LogP contribution in [-0.4, -0.2) is 30.5 Å². The molecule has 0 radical (unpaired) electrons. The SMILES string of the molecule is CO[C@@H]1C[C@@]2(C[C@H]1O)[C@@H]1CC[C@@H](C1)[C@@H]2N. The molecule has 15 heavy (non-hydrogen) atoms. The van der Waals surface area contributed by atoms with Crippen molar-refractivity contribution in [1.29, 1.82) is 0 Å². The number of fused-ring (bicyclic) bond motifs is 3. The Balaban J connectivity index is 1.86. The molecule has 0 unspecified atom stereocenters. The summed E-state index contributed by atoms with van der Waals surface area (Å²) in [6.45, 7) is 0. The van der Waals surface area contributed by atoms with Gasteiger partial charge in [-0.1, -0.05) is 0 Å². The molecule has 0 aliphatic heterocycles. The van der Waals surface area contributed by atoms with Gasteiger partial charge in [-0.15, -0.1) is 0 Å². The lowest BCUT2D eigenvalue weighted by Gasteiger charge is -2.39. The summed E-state index contributed by atoms with van der Waals surface area (Å²) in [5.41, 5.74) is 6.58. The molecule has 0 aromatic rings. The third kappa shape index (κ3) is 1.17. The van der Waals surface area contributed by atoms with Crippen LogP contribution in [0.15, 0.2) is 0 Å². The van der Waals surface area contributed by atoms with Gasteiger partial charge in [0, 0.05) is 13.2 Å². The van der Waals surface area contributed by atoms with Crippen LogP contribution in [0, 0.1) is 17.3 Å². The van der Waals surface area contributed by atoms with Gasteiger partial charge in [0.1, 0.15) is 0 Å². The molecule has 3 N–H and O–H groups in total. The van der Waals surface area contributed by atoms with Crippen molar-refractivity contribution in [3.63, 3.8) is 0 Å². The zero-order valence-corrected chi connectivity index (χ0v) is 9.36. The summed E-state index contributed by atoms with van der Waals surface area (Å²) in [4.78, 5) is 0. The van der Waals surface area contributed by atoms with Crippen molar-refractivity contribution in [3.8, 4) is 0 Å². The molecular weight excluding hydrogens is 190 g/mol. The molecule has 0 amide bonds. The molecule has 0 aromatic heterocycles. The Morgan fingerprint density at radius 2 is 2.13 bits per heavy atom. The van der Waals surface area contributed by atoms with Gasteiger partial charge in [-0.25, -0.2) is 0 Å². The highest BCUT2D eigenvalue weighted by atomic mass is 16.5. The van der Waals surface area contributed by atoms with Crippen LogP contribution in [-0.2, 0) is 4.74 Å². The van der Waals surface area contributed by atoms with Crippen LogP contribution >= 0.6 is 0 Å². The lowest BCUT2D eigenvalue weighted by atomic mass is 9.69. The van der Waals surface area contributed by atoms with Crippen LogP contribution in [0.1, 0.15) is 32.1 Å². The predicted molar refractivity (Wildman–Crippen MR) is 57.3 cm³/mol. The second-order valence-corrected chi connectivity index (χ2v) is 5.78. The number of methoxy groups -OCH3 is 1. The monoisotopic (exact) mass is 211 g/mol. The van der Waals surface area contributed by atoms with Crippen molar-refractivity contribution < 1.29 is 9.84 Å². The molecule has 2 bridgehead atoms. The second kappa shape index (κ2) is 3.19. The summed E-state index contributed by atoms with van der Waals surface area (Å²) in [5.74, 6) is 1.48. The Hall–Kier alpha value is -0.120. The average molecular weight is 211 g/mol. The number of hydrogen-bond donors (Lipinski definition) is 2. The minimum absolute atomic E-state index is 0.0235. The number of ether oxygens (including phenoxy) is 1. The first-order valence-corrected chi connectivity index (χ1v) is 6.14. The van der Waals surface area contributed by atoms with Gasteiger partial charge in [-0.3, -0.25) is 0 Å². The number of aliphatic hydroxyl groups is 1. The zero-order valence-electron chi connectivity index (χ0n) is 9.36. The molecule has 3 aliphatic carbocycles. The van der Waals surface area contributed by atoms with Gasteiger partial charge in [0.25, 0.3) is 0 Å².